The fraction of sp³-hybridized carbons (Fsp3) is 0.800. The van der Waals surface area contributed by atoms with Crippen molar-refractivity contribution in [2.75, 3.05) is 33.4 Å². The number of hydrogen-bond donors (Lipinski definition) is 1. The van der Waals surface area contributed by atoms with E-state index in [9.17, 15) is 0 Å². The van der Waals surface area contributed by atoms with E-state index in [1.54, 1.807) is 11.3 Å². The lowest BCUT2D eigenvalue weighted by Gasteiger charge is -2.32. The maximum Gasteiger partial charge on any atom is 0.0798 e. The van der Waals surface area contributed by atoms with E-state index in [1.807, 2.05) is 5.51 Å². The van der Waals surface area contributed by atoms with Crippen molar-refractivity contribution in [2.24, 2.45) is 5.41 Å². The van der Waals surface area contributed by atoms with Crippen molar-refractivity contribution in [1.29, 1.82) is 0 Å². The van der Waals surface area contributed by atoms with E-state index >= 15 is 0 Å². The third-order valence-electron chi connectivity index (χ3n) is 4.39. The molecule has 112 valence electrons. The van der Waals surface area contributed by atoms with Crippen LogP contribution >= 0.6 is 11.3 Å². The molecule has 3 rings (SSSR count). The third kappa shape index (κ3) is 3.58. The Balaban J connectivity index is 1.56. The molecule has 0 radical (unpaired) electrons. The quantitative estimate of drug-likeness (QED) is 0.835. The molecule has 1 aliphatic heterocycles. The van der Waals surface area contributed by atoms with E-state index in [0.717, 1.165) is 38.9 Å². The summed E-state index contributed by atoms with van der Waals surface area (Å²) in [5.41, 5.74) is 3.42. The van der Waals surface area contributed by atoms with Crippen molar-refractivity contribution in [3.8, 4) is 0 Å². The molecule has 1 saturated heterocycles. The first-order valence-electron chi connectivity index (χ1n) is 7.56. The fourth-order valence-corrected chi connectivity index (χ4v) is 3.83. The van der Waals surface area contributed by atoms with Gasteiger partial charge in [-0.15, -0.1) is 11.3 Å². The van der Waals surface area contributed by atoms with Crippen LogP contribution in [0.15, 0.2) is 5.51 Å². The Labute approximate surface area is 125 Å². The molecule has 1 aromatic heterocycles. The molecule has 1 atom stereocenters. The zero-order valence-corrected chi connectivity index (χ0v) is 13.3. The molecule has 1 aliphatic carbocycles. The van der Waals surface area contributed by atoms with Crippen LogP contribution in [0.25, 0.3) is 0 Å². The lowest BCUT2D eigenvalue weighted by atomic mass is 9.86. The standard InChI is InChI=1S/C15H25N3OS/c1-12-14(20-11-17-12)7-18(2)9-15(5-6-19-10-15)8-16-13-3-4-13/h11,13,16H,3-10H2,1-2H3. The predicted octanol–water partition coefficient (Wildman–Crippen LogP) is 2.04. The summed E-state index contributed by atoms with van der Waals surface area (Å²) in [6.07, 6.45) is 3.89. The van der Waals surface area contributed by atoms with Crippen molar-refractivity contribution >= 4 is 11.3 Å². The zero-order chi connectivity index (χ0) is 14.0. The third-order valence-corrected chi connectivity index (χ3v) is 5.31. The average molecular weight is 295 g/mol. The second-order valence-corrected chi connectivity index (χ2v) is 7.43. The highest BCUT2D eigenvalue weighted by atomic mass is 32.1. The maximum absolute atomic E-state index is 5.70. The Morgan fingerprint density at radius 1 is 1.55 bits per heavy atom. The van der Waals surface area contributed by atoms with Crippen LogP contribution in [-0.4, -0.2) is 49.3 Å². The average Bonchev–Trinajstić information content (AvgIpc) is 3.02. The molecule has 0 spiro atoms. The van der Waals surface area contributed by atoms with E-state index in [2.05, 4.69) is 29.2 Å². The molecule has 20 heavy (non-hydrogen) atoms. The van der Waals surface area contributed by atoms with Gasteiger partial charge in [0.1, 0.15) is 0 Å². The van der Waals surface area contributed by atoms with Gasteiger partial charge in [0.15, 0.2) is 0 Å². The van der Waals surface area contributed by atoms with Crippen molar-refractivity contribution < 1.29 is 4.74 Å². The minimum absolute atomic E-state index is 0.302. The molecule has 4 nitrogen and oxygen atoms in total. The molecule has 5 heteroatoms. The SMILES string of the molecule is Cc1ncsc1CN(C)CC1(CNC2CC2)CCOC1. The topological polar surface area (TPSA) is 37.4 Å². The first kappa shape index (κ1) is 14.4. The Bertz CT molecular complexity index is 438. The molecule has 1 N–H and O–H groups in total. The van der Waals surface area contributed by atoms with Gasteiger partial charge < -0.3 is 15.0 Å². The predicted molar refractivity (Wildman–Crippen MR) is 82.1 cm³/mol. The van der Waals surface area contributed by atoms with Gasteiger partial charge in [-0.2, -0.15) is 0 Å². The van der Waals surface area contributed by atoms with Gasteiger partial charge in [0.05, 0.1) is 17.8 Å². The van der Waals surface area contributed by atoms with Gasteiger partial charge in [0.2, 0.25) is 0 Å². The number of nitrogens with zero attached hydrogens (tertiary/aromatic N) is 2. The summed E-state index contributed by atoms with van der Waals surface area (Å²) in [7, 11) is 2.22. The summed E-state index contributed by atoms with van der Waals surface area (Å²) >= 11 is 1.76. The van der Waals surface area contributed by atoms with Crippen molar-refractivity contribution in [3.05, 3.63) is 16.1 Å². The summed E-state index contributed by atoms with van der Waals surface area (Å²) < 4.78 is 5.70. The molecule has 0 aromatic carbocycles. The van der Waals surface area contributed by atoms with Gasteiger partial charge in [0.25, 0.3) is 0 Å². The van der Waals surface area contributed by atoms with Crippen molar-refractivity contribution in [3.63, 3.8) is 0 Å². The highest BCUT2D eigenvalue weighted by molar-refractivity contribution is 7.09. The van der Waals surface area contributed by atoms with Crippen LogP contribution in [0.3, 0.4) is 0 Å². The molecule has 1 aromatic rings. The number of nitrogens with one attached hydrogen (secondary N) is 1. The van der Waals surface area contributed by atoms with Gasteiger partial charge in [-0.25, -0.2) is 4.98 Å². The Kier molecular flexibility index (Phi) is 4.40. The molecule has 2 heterocycles. The van der Waals surface area contributed by atoms with Crippen LogP contribution in [-0.2, 0) is 11.3 Å². The van der Waals surface area contributed by atoms with Crippen molar-refractivity contribution in [1.82, 2.24) is 15.2 Å². The highest BCUT2D eigenvalue weighted by Gasteiger charge is 2.37. The molecular formula is C15H25N3OS. The van der Waals surface area contributed by atoms with Gasteiger partial charge in [-0.05, 0) is 33.2 Å². The van der Waals surface area contributed by atoms with Crippen LogP contribution < -0.4 is 5.32 Å². The highest BCUT2D eigenvalue weighted by Crippen LogP contribution is 2.31. The second-order valence-electron chi connectivity index (χ2n) is 6.49. The smallest absolute Gasteiger partial charge is 0.0798 e. The van der Waals surface area contributed by atoms with E-state index in [4.69, 9.17) is 4.74 Å². The number of ether oxygens (including phenoxy) is 1. The van der Waals surface area contributed by atoms with E-state index in [-0.39, 0.29) is 0 Å². The number of hydrogen-bond acceptors (Lipinski definition) is 5. The zero-order valence-electron chi connectivity index (χ0n) is 12.5. The van der Waals surface area contributed by atoms with E-state index in [0.29, 0.717) is 5.41 Å². The van der Waals surface area contributed by atoms with Crippen LogP contribution in [0.4, 0.5) is 0 Å². The summed E-state index contributed by atoms with van der Waals surface area (Å²) in [6, 6.07) is 0.779. The van der Waals surface area contributed by atoms with Gasteiger partial charge in [-0.3, -0.25) is 0 Å². The molecule has 1 unspecified atom stereocenters. The number of aryl methyl sites for hydroxylation is 1. The minimum Gasteiger partial charge on any atom is -0.381 e. The maximum atomic E-state index is 5.70. The van der Waals surface area contributed by atoms with Crippen LogP contribution in [0.1, 0.15) is 29.8 Å². The molecule has 1 saturated carbocycles. The second kappa shape index (κ2) is 6.10. The largest absolute Gasteiger partial charge is 0.381 e. The molecule has 2 fully saturated rings. The fourth-order valence-electron chi connectivity index (χ4n) is 2.97. The first-order chi connectivity index (χ1) is 9.67. The summed E-state index contributed by atoms with van der Waals surface area (Å²) in [6.45, 7) is 7.12. The molecule has 0 bridgehead atoms. The summed E-state index contributed by atoms with van der Waals surface area (Å²) in [4.78, 5) is 8.16. The lowest BCUT2D eigenvalue weighted by molar-refractivity contribution is 0.116. The molecular weight excluding hydrogens is 270 g/mol. The minimum atomic E-state index is 0.302. The van der Waals surface area contributed by atoms with Crippen LogP contribution in [0, 0.1) is 12.3 Å². The lowest BCUT2D eigenvalue weighted by Crippen LogP contribution is -2.44. The first-order valence-corrected chi connectivity index (χ1v) is 8.43. The normalized spacial score (nSPS) is 26.6. The Morgan fingerprint density at radius 3 is 3.00 bits per heavy atom. The molecule has 0 amide bonds. The summed E-state index contributed by atoms with van der Waals surface area (Å²) in [5.74, 6) is 0. The Morgan fingerprint density at radius 2 is 2.40 bits per heavy atom. The monoisotopic (exact) mass is 295 g/mol. The van der Waals surface area contributed by atoms with Crippen LogP contribution in [0.5, 0.6) is 0 Å². The van der Waals surface area contributed by atoms with Crippen LogP contribution in [0.2, 0.25) is 0 Å². The number of thiazole rings is 1. The van der Waals surface area contributed by atoms with Crippen molar-refractivity contribution in [2.45, 2.75) is 38.8 Å². The number of rotatable bonds is 7. The van der Waals surface area contributed by atoms with Gasteiger partial charge >= 0.3 is 0 Å². The Hall–Kier alpha value is -0.490. The summed E-state index contributed by atoms with van der Waals surface area (Å²) in [5, 5.41) is 3.70. The number of aromatic nitrogens is 1. The molecule has 2 aliphatic rings. The van der Waals surface area contributed by atoms with Gasteiger partial charge in [0, 0.05) is 42.6 Å². The van der Waals surface area contributed by atoms with E-state index < -0.39 is 0 Å². The van der Waals surface area contributed by atoms with Gasteiger partial charge in [-0.1, -0.05) is 0 Å². The van der Waals surface area contributed by atoms with E-state index in [1.165, 1.54) is 29.8 Å².